The molecule has 0 aromatic carbocycles. The van der Waals surface area contributed by atoms with E-state index in [0.717, 1.165) is 25.3 Å². The van der Waals surface area contributed by atoms with Crippen LogP contribution in [0.4, 0.5) is 0 Å². The Bertz CT molecular complexity index is 28.7. The van der Waals surface area contributed by atoms with Crippen LogP contribution in [0.25, 0.3) is 0 Å². The second-order valence-corrected chi connectivity index (χ2v) is 2.62. The Kier molecular flexibility index (Phi) is 4.13. The monoisotopic (exact) mass is 137 g/mol. The van der Waals surface area contributed by atoms with E-state index < -0.39 is 0 Å². The van der Waals surface area contributed by atoms with Crippen LogP contribution in [0.2, 0.25) is 0 Å². The van der Waals surface area contributed by atoms with Crippen LogP contribution in [0.3, 0.4) is 0 Å². The molecular formula is C4H9OZn. The molecule has 0 aliphatic heterocycles. The van der Waals surface area contributed by atoms with Crippen molar-refractivity contribution in [2.45, 2.75) is 13.8 Å². The summed E-state index contributed by atoms with van der Waals surface area (Å²) in [5.41, 5.74) is 0. The quantitative estimate of drug-likeness (QED) is 0.520. The first kappa shape index (κ1) is 6.58. The Morgan fingerprint density at radius 3 is 2.17 bits per heavy atom. The second kappa shape index (κ2) is 3.76. The molecule has 0 fully saturated rings. The van der Waals surface area contributed by atoms with Gasteiger partial charge >= 0.3 is 48.6 Å². The number of rotatable bonds is 2. The molecule has 0 amide bonds. The molecule has 0 aliphatic carbocycles. The van der Waals surface area contributed by atoms with Gasteiger partial charge in [-0.05, 0) is 0 Å². The fourth-order valence-corrected chi connectivity index (χ4v) is 1.22. The van der Waals surface area contributed by atoms with Crippen molar-refractivity contribution in [3.8, 4) is 0 Å². The van der Waals surface area contributed by atoms with E-state index in [-0.39, 0.29) is 0 Å². The van der Waals surface area contributed by atoms with E-state index in [2.05, 4.69) is 13.8 Å². The average Bonchev–Trinajstić information content (AvgIpc) is 1.35. The third-order valence-corrected chi connectivity index (χ3v) is 0.946. The molecule has 0 radical (unpaired) electrons. The first-order valence-corrected chi connectivity index (χ1v) is 3.35. The van der Waals surface area contributed by atoms with Gasteiger partial charge in [0.2, 0.25) is 0 Å². The van der Waals surface area contributed by atoms with Crippen LogP contribution in [0.5, 0.6) is 0 Å². The van der Waals surface area contributed by atoms with Gasteiger partial charge in [0.25, 0.3) is 0 Å². The minimum absolute atomic E-state index is 0.707. The molecule has 0 unspecified atom stereocenters. The molecule has 0 atom stereocenters. The molecule has 0 spiro atoms. The SMILES string of the molecule is CC(C)C[O][Zn]. The van der Waals surface area contributed by atoms with Gasteiger partial charge in [-0.15, -0.1) is 0 Å². The molecular weight excluding hydrogens is 129 g/mol. The van der Waals surface area contributed by atoms with Crippen molar-refractivity contribution in [3.05, 3.63) is 0 Å². The van der Waals surface area contributed by atoms with Gasteiger partial charge in [-0.1, -0.05) is 0 Å². The molecule has 0 rings (SSSR count). The van der Waals surface area contributed by atoms with Gasteiger partial charge in [0.15, 0.2) is 0 Å². The third-order valence-electron chi connectivity index (χ3n) is 0.451. The first-order chi connectivity index (χ1) is 2.77. The summed E-state index contributed by atoms with van der Waals surface area (Å²) in [6, 6.07) is 0. The van der Waals surface area contributed by atoms with Crippen LogP contribution in [0.1, 0.15) is 13.8 Å². The predicted molar refractivity (Wildman–Crippen MR) is 20.8 cm³/mol. The van der Waals surface area contributed by atoms with E-state index >= 15 is 0 Å². The Hall–Kier alpha value is 0.583. The Balaban J connectivity index is 2.63. The predicted octanol–water partition coefficient (Wildman–Crippen LogP) is 1.12. The van der Waals surface area contributed by atoms with Crippen molar-refractivity contribution in [2.75, 3.05) is 6.61 Å². The molecule has 0 N–H and O–H groups in total. The molecule has 0 saturated carbocycles. The van der Waals surface area contributed by atoms with E-state index in [1.165, 1.54) is 0 Å². The zero-order chi connectivity index (χ0) is 4.99. The summed E-state index contributed by atoms with van der Waals surface area (Å²) in [6.45, 7) is 5.23. The van der Waals surface area contributed by atoms with Crippen LogP contribution >= 0.6 is 0 Å². The number of hydrogen-bond acceptors (Lipinski definition) is 1. The maximum absolute atomic E-state index is 4.93. The topological polar surface area (TPSA) is 9.23 Å². The molecule has 2 heteroatoms. The molecule has 0 bridgehead atoms. The van der Waals surface area contributed by atoms with E-state index in [1.54, 1.807) is 0 Å². The van der Waals surface area contributed by atoms with Crippen molar-refractivity contribution in [2.24, 2.45) is 5.92 Å². The molecule has 0 heterocycles. The van der Waals surface area contributed by atoms with Crippen molar-refractivity contribution < 1.29 is 22.2 Å². The molecule has 6 heavy (non-hydrogen) atoms. The summed E-state index contributed by atoms with van der Waals surface area (Å²) >= 11 is 0.970. The van der Waals surface area contributed by atoms with Gasteiger partial charge in [0.1, 0.15) is 0 Å². The summed E-state index contributed by atoms with van der Waals surface area (Å²) < 4.78 is 4.93. The molecule has 1 nitrogen and oxygen atoms in total. The molecule has 0 saturated heterocycles. The van der Waals surface area contributed by atoms with Crippen molar-refractivity contribution in [1.29, 1.82) is 0 Å². The van der Waals surface area contributed by atoms with Crippen molar-refractivity contribution in [3.63, 3.8) is 0 Å². The van der Waals surface area contributed by atoms with Gasteiger partial charge in [-0.25, -0.2) is 0 Å². The molecule has 0 aromatic rings. The summed E-state index contributed by atoms with van der Waals surface area (Å²) in [6.07, 6.45) is 0. The summed E-state index contributed by atoms with van der Waals surface area (Å²) in [4.78, 5) is 0. The maximum atomic E-state index is 4.93. The Morgan fingerprint density at radius 1 is 1.67 bits per heavy atom. The molecule has 0 aromatic heterocycles. The van der Waals surface area contributed by atoms with Gasteiger partial charge in [-0.3, -0.25) is 0 Å². The van der Waals surface area contributed by atoms with Gasteiger partial charge < -0.3 is 0 Å². The first-order valence-electron chi connectivity index (χ1n) is 2.14. The Morgan fingerprint density at radius 2 is 2.17 bits per heavy atom. The molecule has 33 valence electrons. The standard InChI is InChI=1S/C4H9O.Zn/c1-4(2)3-5;/h4H,3H2,1-2H3;/q-1;+1. The van der Waals surface area contributed by atoms with Crippen molar-refractivity contribution in [1.82, 2.24) is 0 Å². The zero-order valence-corrected chi connectivity index (χ0v) is 7.37. The number of hydrogen-bond donors (Lipinski definition) is 0. The zero-order valence-electron chi connectivity index (χ0n) is 4.40. The van der Waals surface area contributed by atoms with Crippen LogP contribution in [-0.2, 0) is 22.2 Å². The van der Waals surface area contributed by atoms with E-state index in [4.69, 9.17) is 3.56 Å². The van der Waals surface area contributed by atoms with E-state index in [9.17, 15) is 0 Å². The molecule has 0 aliphatic rings. The van der Waals surface area contributed by atoms with Crippen molar-refractivity contribution >= 4 is 0 Å². The summed E-state index contributed by atoms with van der Waals surface area (Å²) in [7, 11) is 0. The fourth-order valence-electron chi connectivity index (χ4n) is 0.236. The van der Waals surface area contributed by atoms with Crippen LogP contribution < -0.4 is 0 Å². The van der Waals surface area contributed by atoms with E-state index in [1.807, 2.05) is 0 Å². The summed E-state index contributed by atoms with van der Waals surface area (Å²) in [5.74, 6) is 0.707. The minimum atomic E-state index is 0.707. The average molecular weight is 139 g/mol. The third kappa shape index (κ3) is 4.58. The van der Waals surface area contributed by atoms with Gasteiger partial charge in [-0.2, -0.15) is 0 Å². The van der Waals surface area contributed by atoms with Gasteiger partial charge in [0.05, 0.1) is 0 Å². The second-order valence-electron chi connectivity index (χ2n) is 1.76. The van der Waals surface area contributed by atoms with Gasteiger partial charge in [0, 0.05) is 0 Å². The van der Waals surface area contributed by atoms with Crippen LogP contribution in [0.15, 0.2) is 0 Å². The van der Waals surface area contributed by atoms with Crippen LogP contribution in [0, 0.1) is 5.92 Å². The summed E-state index contributed by atoms with van der Waals surface area (Å²) in [5, 5.41) is 0. The van der Waals surface area contributed by atoms with E-state index in [0.29, 0.717) is 5.92 Å². The normalized spacial score (nSPS) is 10.2. The van der Waals surface area contributed by atoms with Crippen LogP contribution in [-0.4, -0.2) is 6.61 Å². The fraction of sp³-hybridized carbons (Fsp3) is 1.00. The Labute approximate surface area is 49.2 Å².